The van der Waals surface area contributed by atoms with Gasteiger partial charge in [-0.2, -0.15) is 0 Å². The van der Waals surface area contributed by atoms with Gasteiger partial charge in [-0.3, -0.25) is 19.3 Å². The standard InChI is InChI=1S/C28H24Cl3N7O/c1-32-26(36-12-14-37(15-13-36)28(39)18-4-3-11-34-17-18)24-27(33-2)38(21-8-5-19(29)6-9-21)25(35-24)22-10-7-20(30)16-23(22)31/h3-11,16-17H,2,12-15H2,1H3. The number of aliphatic imine (C=N–C) groups is 2. The van der Waals surface area contributed by atoms with Crippen molar-refractivity contribution in [3.63, 3.8) is 0 Å². The van der Waals surface area contributed by atoms with Crippen LogP contribution in [0.15, 0.2) is 77.0 Å². The lowest BCUT2D eigenvalue weighted by Crippen LogP contribution is -2.51. The first-order valence-corrected chi connectivity index (χ1v) is 13.3. The molecular weight excluding hydrogens is 557 g/mol. The number of hydrogen-bond donors (Lipinski definition) is 0. The average Bonchev–Trinajstić information content (AvgIpc) is 3.33. The summed E-state index contributed by atoms with van der Waals surface area (Å²) in [4.78, 5) is 34.9. The predicted octanol–water partition coefficient (Wildman–Crippen LogP) is 6.06. The molecule has 1 fully saturated rings. The molecule has 0 N–H and O–H groups in total. The number of imidazole rings is 1. The van der Waals surface area contributed by atoms with E-state index in [9.17, 15) is 4.79 Å². The quantitative estimate of drug-likeness (QED) is 0.212. The van der Waals surface area contributed by atoms with Gasteiger partial charge in [0.05, 0.1) is 10.6 Å². The van der Waals surface area contributed by atoms with Gasteiger partial charge in [0.25, 0.3) is 5.91 Å². The molecule has 0 spiro atoms. The third-order valence-electron chi connectivity index (χ3n) is 6.46. The van der Waals surface area contributed by atoms with Crippen LogP contribution in [-0.4, -0.2) is 76.0 Å². The van der Waals surface area contributed by atoms with Gasteiger partial charge in [-0.15, -0.1) is 0 Å². The molecule has 3 heterocycles. The molecule has 0 bridgehead atoms. The first-order chi connectivity index (χ1) is 18.9. The Kier molecular flexibility index (Phi) is 7.97. The van der Waals surface area contributed by atoms with Gasteiger partial charge in [-0.05, 0) is 61.3 Å². The van der Waals surface area contributed by atoms with E-state index in [4.69, 9.17) is 39.8 Å². The highest BCUT2D eigenvalue weighted by atomic mass is 35.5. The number of piperazine rings is 1. The summed E-state index contributed by atoms with van der Waals surface area (Å²) in [5, 5.41) is 1.57. The van der Waals surface area contributed by atoms with E-state index in [0.29, 0.717) is 75.5 Å². The maximum Gasteiger partial charge on any atom is 0.255 e. The fourth-order valence-electron chi connectivity index (χ4n) is 4.58. The number of amidine groups is 1. The van der Waals surface area contributed by atoms with Crippen LogP contribution in [0, 0.1) is 0 Å². The number of nitrogens with zero attached hydrogens (tertiary/aromatic N) is 7. The number of rotatable bonds is 5. The molecule has 0 radical (unpaired) electrons. The lowest BCUT2D eigenvalue weighted by Gasteiger charge is -2.36. The molecule has 0 atom stereocenters. The summed E-state index contributed by atoms with van der Waals surface area (Å²) in [6, 6.07) is 16.1. The highest BCUT2D eigenvalue weighted by Gasteiger charge is 2.30. The number of benzene rings is 2. The molecule has 11 heteroatoms. The molecule has 5 rings (SSSR count). The molecular formula is C28H24Cl3N7O. The molecule has 0 aliphatic carbocycles. The third kappa shape index (κ3) is 5.41. The monoisotopic (exact) mass is 579 g/mol. The first kappa shape index (κ1) is 26.9. The van der Waals surface area contributed by atoms with E-state index in [-0.39, 0.29) is 5.91 Å². The molecule has 1 saturated heterocycles. The molecule has 1 aliphatic heterocycles. The van der Waals surface area contributed by atoms with Crippen LogP contribution >= 0.6 is 34.8 Å². The Morgan fingerprint density at radius 3 is 2.26 bits per heavy atom. The van der Waals surface area contributed by atoms with E-state index in [2.05, 4.69) is 26.6 Å². The minimum Gasteiger partial charge on any atom is -0.351 e. The van der Waals surface area contributed by atoms with Gasteiger partial charge >= 0.3 is 0 Å². The maximum absolute atomic E-state index is 12.9. The molecule has 4 aromatic rings. The number of halogens is 3. The van der Waals surface area contributed by atoms with E-state index in [1.807, 2.05) is 27.7 Å². The van der Waals surface area contributed by atoms with Gasteiger partial charge in [0.2, 0.25) is 0 Å². The Hall–Kier alpha value is -3.72. The summed E-state index contributed by atoms with van der Waals surface area (Å²) in [5.74, 6) is 1.67. The average molecular weight is 581 g/mol. The van der Waals surface area contributed by atoms with Gasteiger partial charge in [0.1, 0.15) is 5.82 Å². The molecule has 8 nitrogen and oxygen atoms in total. The zero-order valence-electron chi connectivity index (χ0n) is 21.1. The van der Waals surface area contributed by atoms with Crippen LogP contribution in [0.3, 0.4) is 0 Å². The SMILES string of the molecule is C=Nc1c(C(=NC)N2CCN(C(=O)c3cccnc3)CC2)nc(-c2ccc(Cl)cc2Cl)n1-c1ccc(Cl)cc1. The fraction of sp³-hybridized carbons (Fsp3) is 0.179. The minimum atomic E-state index is -0.0436. The fourth-order valence-corrected chi connectivity index (χ4v) is 5.20. The Morgan fingerprint density at radius 2 is 1.64 bits per heavy atom. The van der Waals surface area contributed by atoms with Crippen molar-refractivity contribution >= 4 is 59.1 Å². The van der Waals surface area contributed by atoms with Crippen LogP contribution in [0.2, 0.25) is 15.1 Å². The van der Waals surface area contributed by atoms with E-state index in [0.717, 1.165) is 5.69 Å². The van der Waals surface area contributed by atoms with Gasteiger partial charge < -0.3 is 9.80 Å². The van der Waals surface area contributed by atoms with Crippen molar-refractivity contribution in [3.8, 4) is 17.1 Å². The topological polar surface area (TPSA) is 79.0 Å². The lowest BCUT2D eigenvalue weighted by atomic mass is 10.2. The minimum absolute atomic E-state index is 0.0436. The van der Waals surface area contributed by atoms with Crippen molar-refractivity contribution in [2.45, 2.75) is 0 Å². The molecule has 2 aromatic carbocycles. The highest BCUT2D eigenvalue weighted by molar-refractivity contribution is 6.36. The van der Waals surface area contributed by atoms with Crippen LogP contribution in [0.5, 0.6) is 0 Å². The van der Waals surface area contributed by atoms with Crippen molar-refractivity contribution in [1.82, 2.24) is 24.3 Å². The summed E-state index contributed by atoms with van der Waals surface area (Å²) < 4.78 is 1.88. The van der Waals surface area contributed by atoms with E-state index >= 15 is 0 Å². The van der Waals surface area contributed by atoms with Crippen LogP contribution < -0.4 is 0 Å². The summed E-state index contributed by atoms with van der Waals surface area (Å²) in [6.07, 6.45) is 3.24. The van der Waals surface area contributed by atoms with Crippen molar-refractivity contribution in [1.29, 1.82) is 0 Å². The number of carbonyl (C=O) groups excluding carboxylic acids is 1. The van der Waals surface area contributed by atoms with Crippen LogP contribution in [-0.2, 0) is 0 Å². The summed E-state index contributed by atoms with van der Waals surface area (Å²) >= 11 is 19.0. The predicted molar refractivity (Wildman–Crippen MR) is 157 cm³/mol. The highest BCUT2D eigenvalue weighted by Crippen LogP contribution is 2.37. The molecule has 1 aliphatic rings. The number of aromatic nitrogens is 3. The van der Waals surface area contributed by atoms with Crippen LogP contribution in [0.4, 0.5) is 5.82 Å². The molecule has 0 unspecified atom stereocenters. The van der Waals surface area contributed by atoms with E-state index in [1.165, 1.54) is 0 Å². The van der Waals surface area contributed by atoms with E-state index in [1.54, 1.807) is 55.8 Å². The summed E-state index contributed by atoms with van der Waals surface area (Å²) in [6.45, 7) is 6.04. The molecule has 2 aromatic heterocycles. The number of pyridine rings is 1. The van der Waals surface area contributed by atoms with E-state index < -0.39 is 0 Å². The third-order valence-corrected chi connectivity index (χ3v) is 7.26. The smallest absolute Gasteiger partial charge is 0.255 e. The number of hydrogen-bond acceptors (Lipinski definition) is 5. The zero-order valence-corrected chi connectivity index (χ0v) is 23.3. The van der Waals surface area contributed by atoms with Gasteiger partial charge in [-0.25, -0.2) is 9.98 Å². The van der Waals surface area contributed by atoms with Crippen LogP contribution in [0.25, 0.3) is 17.1 Å². The second-order valence-electron chi connectivity index (χ2n) is 8.77. The first-order valence-electron chi connectivity index (χ1n) is 12.1. The largest absolute Gasteiger partial charge is 0.351 e. The van der Waals surface area contributed by atoms with Crippen molar-refractivity contribution in [2.24, 2.45) is 9.98 Å². The molecule has 39 heavy (non-hydrogen) atoms. The Morgan fingerprint density at radius 1 is 0.949 bits per heavy atom. The normalized spacial score (nSPS) is 14.0. The van der Waals surface area contributed by atoms with Gasteiger partial charge in [0, 0.05) is 66.9 Å². The second-order valence-corrected chi connectivity index (χ2v) is 10.0. The second kappa shape index (κ2) is 11.6. The van der Waals surface area contributed by atoms with Gasteiger partial charge in [0.15, 0.2) is 17.3 Å². The number of carbonyl (C=O) groups is 1. The van der Waals surface area contributed by atoms with Crippen molar-refractivity contribution < 1.29 is 4.79 Å². The number of amides is 1. The van der Waals surface area contributed by atoms with Crippen LogP contribution in [0.1, 0.15) is 16.1 Å². The molecule has 198 valence electrons. The zero-order chi connectivity index (χ0) is 27.5. The lowest BCUT2D eigenvalue weighted by molar-refractivity contribution is 0.0691. The van der Waals surface area contributed by atoms with Crippen molar-refractivity contribution in [2.75, 3.05) is 33.2 Å². The molecule has 0 saturated carbocycles. The Bertz CT molecular complexity index is 1540. The Labute approximate surface area is 241 Å². The van der Waals surface area contributed by atoms with Gasteiger partial charge in [-0.1, -0.05) is 34.8 Å². The van der Waals surface area contributed by atoms with Crippen molar-refractivity contribution in [3.05, 3.63) is 93.3 Å². The maximum atomic E-state index is 12.9. The summed E-state index contributed by atoms with van der Waals surface area (Å²) in [7, 11) is 1.71. The Balaban J connectivity index is 1.53. The summed E-state index contributed by atoms with van der Waals surface area (Å²) in [5.41, 5.74) is 2.58. The molecule has 1 amide bonds.